The van der Waals surface area contributed by atoms with Gasteiger partial charge in [0.2, 0.25) is 5.88 Å². The molecule has 0 aliphatic carbocycles. The molecule has 168 valence electrons. The van der Waals surface area contributed by atoms with E-state index in [0.717, 1.165) is 24.3 Å². The van der Waals surface area contributed by atoms with Crippen molar-refractivity contribution < 1.29 is 32.6 Å². The summed E-state index contributed by atoms with van der Waals surface area (Å²) in [5.41, 5.74) is 0.318. The van der Waals surface area contributed by atoms with E-state index in [1.54, 1.807) is 25.2 Å². The molecule has 33 heavy (non-hydrogen) atoms. The number of aromatic nitrogens is 2. The van der Waals surface area contributed by atoms with E-state index in [1.807, 2.05) is 0 Å². The van der Waals surface area contributed by atoms with Crippen LogP contribution < -0.4 is 10.1 Å². The standard InChI is InChI=1S/C23H16F3N3O4/c1-29-17-3-2-4-19(16(17)11-18(29)22(31)32)33-20-10-9-15(12-27-20)28-21(30)13-5-7-14(8-6-13)23(24,25)26/h2-12H,1H3,(H,28,30)(H,31,32). The van der Waals surface area contributed by atoms with Crippen LogP contribution in [0, 0.1) is 0 Å². The van der Waals surface area contributed by atoms with Crippen molar-refractivity contribution in [3.8, 4) is 11.6 Å². The summed E-state index contributed by atoms with van der Waals surface area (Å²) in [6, 6.07) is 13.6. The summed E-state index contributed by atoms with van der Waals surface area (Å²) in [4.78, 5) is 27.8. The van der Waals surface area contributed by atoms with Gasteiger partial charge in [-0.25, -0.2) is 9.78 Å². The molecule has 0 aliphatic heterocycles. The second-order valence-corrected chi connectivity index (χ2v) is 7.10. The van der Waals surface area contributed by atoms with Gasteiger partial charge in [-0.05, 0) is 48.5 Å². The molecule has 2 heterocycles. The monoisotopic (exact) mass is 455 g/mol. The molecule has 0 atom stereocenters. The van der Waals surface area contributed by atoms with Crippen molar-refractivity contribution in [1.29, 1.82) is 0 Å². The lowest BCUT2D eigenvalue weighted by Crippen LogP contribution is -2.13. The van der Waals surface area contributed by atoms with E-state index in [-0.39, 0.29) is 17.1 Å². The van der Waals surface area contributed by atoms with Gasteiger partial charge in [0.05, 0.1) is 23.0 Å². The molecule has 2 N–H and O–H groups in total. The molecule has 2 aromatic heterocycles. The smallest absolute Gasteiger partial charge is 0.416 e. The number of hydrogen-bond acceptors (Lipinski definition) is 4. The van der Waals surface area contributed by atoms with Crippen LogP contribution in [0.25, 0.3) is 10.9 Å². The Hall–Kier alpha value is -4.34. The van der Waals surface area contributed by atoms with Crippen LogP contribution in [0.4, 0.5) is 18.9 Å². The molecule has 0 bridgehead atoms. The minimum atomic E-state index is -4.48. The summed E-state index contributed by atoms with van der Waals surface area (Å²) >= 11 is 0. The number of halogens is 3. The van der Waals surface area contributed by atoms with E-state index >= 15 is 0 Å². The Labute approximate surface area is 185 Å². The van der Waals surface area contributed by atoms with Crippen LogP contribution in [-0.2, 0) is 13.2 Å². The number of ether oxygens (including phenoxy) is 1. The van der Waals surface area contributed by atoms with Crippen molar-refractivity contribution in [2.75, 3.05) is 5.32 Å². The highest BCUT2D eigenvalue weighted by atomic mass is 19.4. The number of nitrogens with one attached hydrogen (secondary N) is 1. The van der Waals surface area contributed by atoms with E-state index in [9.17, 15) is 27.9 Å². The van der Waals surface area contributed by atoms with E-state index < -0.39 is 23.6 Å². The van der Waals surface area contributed by atoms with Gasteiger partial charge >= 0.3 is 12.1 Å². The molecule has 10 heteroatoms. The lowest BCUT2D eigenvalue weighted by molar-refractivity contribution is -0.137. The Morgan fingerprint density at radius 3 is 2.39 bits per heavy atom. The fourth-order valence-corrected chi connectivity index (χ4v) is 3.27. The SMILES string of the molecule is Cn1c(C(=O)O)cc2c(Oc3ccc(NC(=O)c4ccc(C(F)(F)F)cc4)cn3)cccc21. The van der Waals surface area contributed by atoms with E-state index in [4.69, 9.17) is 4.74 Å². The van der Waals surface area contributed by atoms with Gasteiger partial charge in [-0.3, -0.25) is 4.79 Å². The van der Waals surface area contributed by atoms with Crippen molar-refractivity contribution >= 4 is 28.5 Å². The third kappa shape index (κ3) is 4.49. The van der Waals surface area contributed by atoms with Gasteiger partial charge in [-0.2, -0.15) is 13.2 Å². The summed E-state index contributed by atoms with van der Waals surface area (Å²) in [6.45, 7) is 0. The Balaban J connectivity index is 1.48. The number of nitrogens with zero attached hydrogens (tertiary/aromatic N) is 2. The topological polar surface area (TPSA) is 93.5 Å². The van der Waals surface area contributed by atoms with E-state index in [2.05, 4.69) is 10.3 Å². The summed E-state index contributed by atoms with van der Waals surface area (Å²) in [7, 11) is 1.64. The molecular weight excluding hydrogens is 439 g/mol. The van der Waals surface area contributed by atoms with Gasteiger partial charge in [0.25, 0.3) is 5.91 Å². The number of hydrogen-bond donors (Lipinski definition) is 2. The molecule has 4 aromatic rings. The maximum absolute atomic E-state index is 12.7. The zero-order chi connectivity index (χ0) is 23.8. The highest BCUT2D eigenvalue weighted by Crippen LogP contribution is 2.32. The first kappa shape index (κ1) is 21.9. The molecule has 1 amide bonds. The number of aromatic carboxylic acids is 1. The second-order valence-electron chi connectivity index (χ2n) is 7.10. The van der Waals surface area contributed by atoms with Crippen molar-refractivity contribution in [3.05, 3.63) is 83.7 Å². The first-order valence-corrected chi connectivity index (χ1v) is 9.58. The maximum Gasteiger partial charge on any atom is 0.416 e. The highest BCUT2D eigenvalue weighted by Gasteiger charge is 2.30. The second kappa shape index (κ2) is 8.30. The number of carbonyl (C=O) groups excluding carboxylic acids is 1. The van der Waals surface area contributed by atoms with Gasteiger partial charge in [-0.1, -0.05) is 6.07 Å². The molecule has 0 saturated heterocycles. The molecule has 0 fully saturated rings. The summed E-state index contributed by atoms with van der Waals surface area (Å²) in [6.07, 6.45) is -3.14. The number of alkyl halides is 3. The van der Waals surface area contributed by atoms with Crippen molar-refractivity contribution in [1.82, 2.24) is 9.55 Å². The Kier molecular flexibility index (Phi) is 5.50. The van der Waals surface area contributed by atoms with Crippen molar-refractivity contribution in [3.63, 3.8) is 0 Å². The lowest BCUT2D eigenvalue weighted by atomic mass is 10.1. The molecule has 2 aromatic carbocycles. The van der Waals surface area contributed by atoms with Gasteiger partial charge < -0.3 is 19.7 Å². The van der Waals surface area contributed by atoms with Gasteiger partial charge in [0, 0.05) is 24.1 Å². The third-order valence-corrected chi connectivity index (χ3v) is 4.95. The average molecular weight is 455 g/mol. The number of benzene rings is 2. The molecule has 0 aliphatic rings. The first-order valence-electron chi connectivity index (χ1n) is 9.58. The molecule has 0 saturated carbocycles. The summed E-state index contributed by atoms with van der Waals surface area (Å²) in [5.74, 6) is -1.04. The van der Waals surface area contributed by atoms with Crippen LogP contribution in [0.1, 0.15) is 26.4 Å². The number of carbonyl (C=O) groups is 2. The highest BCUT2D eigenvalue weighted by molar-refractivity contribution is 6.04. The van der Waals surface area contributed by atoms with Gasteiger partial charge in [0.15, 0.2) is 0 Å². The number of fused-ring (bicyclic) bond motifs is 1. The molecular formula is C23H16F3N3O4. The lowest BCUT2D eigenvalue weighted by Gasteiger charge is -2.09. The number of aryl methyl sites for hydroxylation is 1. The molecule has 0 spiro atoms. The number of carboxylic acids is 1. The van der Waals surface area contributed by atoms with E-state index in [0.29, 0.717) is 22.3 Å². The fourth-order valence-electron chi connectivity index (χ4n) is 3.27. The summed E-state index contributed by atoms with van der Waals surface area (Å²) < 4.78 is 45.3. The zero-order valence-electron chi connectivity index (χ0n) is 17.1. The maximum atomic E-state index is 12.7. The Bertz CT molecular complexity index is 1340. The quantitative estimate of drug-likeness (QED) is 0.424. The van der Waals surface area contributed by atoms with Crippen LogP contribution in [0.3, 0.4) is 0 Å². The Morgan fingerprint density at radius 2 is 1.79 bits per heavy atom. The zero-order valence-corrected chi connectivity index (χ0v) is 17.1. The number of amides is 1. The van der Waals surface area contributed by atoms with Crippen molar-refractivity contribution in [2.24, 2.45) is 7.05 Å². The largest absolute Gasteiger partial charge is 0.477 e. The number of pyridine rings is 1. The minimum absolute atomic E-state index is 0.0633. The summed E-state index contributed by atoms with van der Waals surface area (Å²) in [5, 5.41) is 12.5. The van der Waals surface area contributed by atoms with Crippen LogP contribution in [0.2, 0.25) is 0 Å². The van der Waals surface area contributed by atoms with Gasteiger partial charge in [-0.15, -0.1) is 0 Å². The average Bonchev–Trinajstić information content (AvgIpc) is 3.12. The predicted octanol–water partition coefficient (Wildman–Crippen LogP) is 5.33. The van der Waals surface area contributed by atoms with E-state index in [1.165, 1.54) is 29.0 Å². The number of anilines is 1. The molecule has 4 rings (SSSR count). The minimum Gasteiger partial charge on any atom is -0.477 e. The van der Waals surface area contributed by atoms with Crippen LogP contribution >= 0.6 is 0 Å². The predicted molar refractivity (Wildman–Crippen MR) is 114 cm³/mol. The van der Waals surface area contributed by atoms with Crippen LogP contribution in [-0.4, -0.2) is 26.5 Å². The molecule has 0 radical (unpaired) electrons. The van der Waals surface area contributed by atoms with Crippen molar-refractivity contribution in [2.45, 2.75) is 6.18 Å². The molecule has 7 nitrogen and oxygen atoms in total. The third-order valence-electron chi connectivity index (χ3n) is 4.95. The number of carboxylic acid groups (broad SMARTS) is 1. The van der Waals surface area contributed by atoms with Gasteiger partial charge in [0.1, 0.15) is 11.4 Å². The molecule has 0 unspecified atom stereocenters. The van der Waals surface area contributed by atoms with Crippen LogP contribution in [0.5, 0.6) is 11.6 Å². The first-order chi connectivity index (χ1) is 15.6. The number of rotatable bonds is 5. The fraction of sp³-hybridized carbons (Fsp3) is 0.0870. The normalized spacial score (nSPS) is 11.4. The van der Waals surface area contributed by atoms with Crippen LogP contribution in [0.15, 0.2) is 66.9 Å². The Morgan fingerprint density at radius 1 is 1.06 bits per heavy atom.